The van der Waals surface area contributed by atoms with E-state index in [1.807, 2.05) is 36.9 Å². The molecule has 8 heteroatoms. The highest BCUT2D eigenvalue weighted by molar-refractivity contribution is 7.13. The second-order valence-corrected chi connectivity index (χ2v) is 8.56. The van der Waals surface area contributed by atoms with Crippen LogP contribution in [0.5, 0.6) is 0 Å². The maximum absolute atomic E-state index is 12.9. The molecule has 162 valence electrons. The molecular weight excluding hydrogens is 400 g/mol. The SMILES string of the molecule is CCOC(=O)NC(C(=O)N1CCN(Cc2csc(-c3ccccc3)n2)CC1)C(C)C. The van der Waals surface area contributed by atoms with Crippen LogP contribution in [0.15, 0.2) is 35.7 Å². The monoisotopic (exact) mass is 430 g/mol. The van der Waals surface area contributed by atoms with Gasteiger partial charge >= 0.3 is 6.09 Å². The fraction of sp³-hybridized carbons (Fsp3) is 0.500. The van der Waals surface area contributed by atoms with E-state index in [1.54, 1.807) is 18.3 Å². The number of hydrogen-bond acceptors (Lipinski definition) is 6. The third kappa shape index (κ3) is 5.79. The molecule has 1 aromatic carbocycles. The number of carbonyl (C=O) groups is 2. The number of hydrogen-bond donors (Lipinski definition) is 1. The average Bonchev–Trinajstić information content (AvgIpc) is 3.21. The number of nitrogens with zero attached hydrogens (tertiary/aromatic N) is 3. The summed E-state index contributed by atoms with van der Waals surface area (Å²) in [6, 6.07) is 9.62. The number of alkyl carbamates (subject to hydrolysis) is 1. The molecule has 3 rings (SSSR count). The van der Waals surface area contributed by atoms with Crippen molar-refractivity contribution in [2.45, 2.75) is 33.4 Å². The van der Waals surface area contributed by atoms with Crippen LogP contribution in [0.3, 0.4) is 0 Å². The summed E-state index contributed by atoms with van der Waals surface area (Å²) in [5, 5.41) is 5.85. The van der Waals surface area contributed by atoms with Gasteiger partial charge in [-0.25, -0.2) is 9.78 Å². The number of carbonyl (C=O) groups excluding carboxylic acids is 2. The van der Waals surface area contributed by atoms with E-state index in [1.165, 1.54) is 0 Å². The van der Waals surface area contributed by atoms with Crippen molar-refractivity contribution in [2.24, 2.45) is 5.92 Å². The molecule has 1 aliphatic rings. The summed E-state index contributed by atoms with van der Waals surface area (Å²) in [4.78, 5) is 33.6. The van der Waals surface area contributed by atoms with Crippen molar-refractivity contribution < 1.29 is 14.3 Å². The van der Waals surface area contributed by atoms with Crippen molar-refractivity contribution in [1.82, 2.24) is 20.1 Å². The van der Waals surface area contributed by atoms with E-state index in [0.717, 1.165) is 35.9 Å². The fourth-order valence-electron chi connectivity index (χ4n) is 3.46. The molecule has 1 N–H and O–H groups in total. The molecule has 0 aliphatic carbocycles. The fourth-order valence-corrected chi connectivity index (χ4v) is 4.28. The van der Waals surface area contributed by atoms with Crippen molar-refractivity contribution in [1.29, 1.82) is 0 Å². The van der Waals surface area contributed by atoms with E-state index in [-0.39, 0.29) is 18.4 Å². The zero-order valence-corrected chi connectivity index (χ0v) is 18.7. The molecule has 0 radical (unpaired) electrons. The molecule has 1 atom stereocenters. The molecular formula is C22H30N4O3S. The first kappa shape index (κ1) is 22.2. The first-order valence-corrected chi connectivity index (χ1v) is 11.3. The Balaban J connectivity index is 1.52. The summed E-state index contributed by atoms with van der Waals surface area (Å²) in [5.74, 6) is -0.0518. The second kappa shape index (κ2) is 10.5. The summed E-state index contributed by atoms with van der Waals surface area (Å²) >= 11 is 1.66. The Hall–Kier alpha value is -2.45. The Morgan fingerprint density at radius 1 is 1.17 bits per heavy atom. The predicted octanol–water partition coefficient (Wildman–Crippen LogP) is 3.23. The third-order valence-electron chi connectivity index (χ3n) is 5.12. The number of piperazine rings is 1. The van der Waals surface area contributed by atoms with Gasteiger partial charge in [0.25, 0.3) is 0 Å². The largest absolute Gasteiger partial charge is 0.450 e. The lowest BCUT2D eigenvalue weighted by molar-refractivity contribution is -0.136. The highest BCUT2D eigenvalue weighted by atomic mass is 32.1. The Kier molecular flexibility index (Phi) is 7.81. The van der Waals surface area contributed by atoms with Gasteiger partial charge in [-0.05, 0) is 12.8 Å². The summed E-state index contributed by atoms with van der Waals surface area (Å²) in [6.45, 7) is 9.52. The van der Waals surface area contributed by atoms with Gasteiger partial charge in [0.05, 0.1) is 12.3 Å². The number of benzene rings is 1. The van der Waals surface area contributed by atoms with Crippen molar-refractivity contribution in [3.05, 3.63) is 41.4 Å². The van der Waals surface area contributed by atoms with E-state index in [4.69, 9.17) is 9.72 Å². The number of aromatic nitrogens is 1. The first-order valence-electron chi connectivity index (χ1n) is 10.4. The Morgan fingerprint density at radius 2 is 1.87 bits per heavy atom. The number of ether oxygens (including phenoxy) is 1. The predicted molar refractivity (Wildman–Crippen MR) is 118 cm³/mol. The minimum atomic E-state index is -0.567. The molecule has 0 bridgehead atoms. The van der Waals surface area contributed by atoms with Gasteiger partial charge in [-0.2, -0.15) is 0 Å². The van der Waals surface area contributed by atoms with Gasteiger partial charge in [0, 0.05) is 43.7 Å². The number of rotatable bonds is 7. The molecule has 7 nitrogen and oxygen atoms in total. The summed E-state index contributed by atoms with van der Waals surface area (Å²) in [7, 11) is 0. The smallest absolute Gasteiger partial charge is 0.407 e. The van der Waals surface area contributed by atoms with E-state index in [9.17, 15) is 9.59 Å². The van der Waals surface area contributed by atoms with Crippen LogP contribution in [0.4, 0.5) is 4.79 Å². The van der Waals surface area contributed by atoms with Gasteiger partial charge in [0.1, 0.15) is 11.0 Å². The molecule has 1 aromatic heterocycles. The molecule has 0 spiro atoms. The average molecular weight is 431 g/mol. The molecule has 1 fully saturated rings. The lowest BCUT2D eigenvalue weighted by atomic mass is 10.0. The normalized spacial score (nSPS) is 15.8. The number of nitrogens with one attached hydrogen (secondary N) is 1. The van der Waals surface area contributed by atoms with Crippen LogP contribution >= 0.6 is 11.3 Å². The van der Waals surface area contributed by atoms with Crippen LogP contribution in [0.1, 0.15) is 26.5 Å². The van der Waals surface area contributed by atoms with Gasteiger partial charge in [-0.3, -0.25) is 9.69 Å². The molecule has 1 aliphatic heterocycles. The summed E-state index contributed by atoms with van der Waals surface area (Å²) in [5.41, 5.74) is 2.20. The third-order valence-corrected chi connectivity index (χ3v) is 6.06. The van der Waals surface area contributed by atoms with Gasteiger partial charge in [0.15, 0.2) is 0 Å². The van der Waals surface area contributed by atoms with Gasteiger partial charge < -0.3 is 15.0 Å². The van der Waals surface area contributed by atoms with Crippen molar-refractivity contribution in [3.8, 4) is 10.6 Å². The topological polar surface area (TPSA) is 74.8 Å². The molecule has 30 heavy (non-hydrogen) atoms. The van der Waals surface area contributed by atoms with Crippen LogP contribution < -0.4 is 5.32 Å². The minimum absolute atomic E-state index is 0.00801. The standard InChI is InChI=1S/C22H30N4O3S/c1-4-29-22(28)24-19(16(2)3)21(27)26-12-10-25(11-13-26)14-18-15-30-20(23-18)17-8-6-5-7-9-17/h5-9,15-16,19H,4,10-14H2,1-3H3,(H,24,28). The van der Waals surface area contributed by atoms with Crippen LogP contribution in [0, 0.1) is 5.92 Å². The van der Waals surface area contributed by atoms with Crippen LogP contribution in [-0.4, -0.2) is 65.6 Å². The molecule has 1 saturated heterocycles. The highest BCUT2D eigenvalue weighted by Gasteiger charge is 2.31. The zero-order valence-electron chi connectivity index (χ0n) is 17.8. The summed E-state index contributed by atoms with van der Waals surface area (Å²) < 4.78 is 4.94. The molecule has 2 aromatic rings. The number of thiazole rings is 1. The van der Waals surface area contributed by atoms with Crippen LogP contribution in [-0.2, 0) is 16.1 Å². The molecule has 2 heterocycles. The maximum atomic E-state index is 12.9. The molecule has 2 amide bonds. The molecule has 0 saturated carbocycles. The highest BCUT2D eigenvalue weighted by Crippen LogP contribution is 2.24. The van der Waals surface area contributed by atoms with Crippen molar-refractivity contribution in [3.63, 3.8) is 0 Å². The maximum Gasteiger partial charge on any atom is 0.407 e. The van der Waals surface area contributed by atoms with Crippen molar-refractivity contribution in [2.75, 3.05) is 32.8 Å². The zero-order chi connectivity index (χ0) is 21.5. The quantitative estimate of drug-likeness (QED) is 0.730. The van der Waals surface area contributed by atoms with E-state index in [2.05, 4.69) is 27.7 Å². The second-order valence-electron chi connectivity index (χ2n) is 7.70. The first-order chi connectivity index (χ1) is 14.5. The van der Waals surface area contributed by atoms with Gasteiger partial charge in [-0.15, -0.1) is 11.3 Å². The van der Waals surface area contributed by atoms with Crippen molar-refractivity contribution >= 4 is 23.3 Å². The molecule has 1 unspecified atom stereocenters. The summed E-state index contributed by atoms with van der Waals surface area (Å²) in [6.07, 6.45) is -0.541. The van der Waals surface area contributed by atoms with Crippen LogP contribution in [0.25, 0.3) is 10.6 Å². The lowest BCUT2D eigenvalue weighted by Crippen LogP contribution is -2.56. The van der Waals surface area contributed by atoms with E-state index in [0.29, 0.717) is 13.1 Å². The number of amides is 2. The Morgan fingerprint density at radius 3 is 2.50 bits per heavy atom. The lowest BCUT2D eigenvalue weighted by Gasteiger charge is -2.37. The van der Waals surface area contributed by atoms with Gasteiger partial charge in [0.2, 0.25) is 5.91 Å². The van der Waals surface area contributed by atoms with Gasteiger partial charge in [-0.1, -0.05) is 44.2 Å². The Bertz CT molecular complexity index is 832. The van der Waals surface area contributed by atoms with Crippen LogP contribution in [0.2, 0.25) is 0 Å². The van der Waals surface area contributed by atoms with E-state index >= 15 is 0 Å². The Labute approximate surface area is 182 Å². The minimum Gasteiger partial charge on any atom is -0.450 e. The van der Waals surface area contributed by atoms with E-state index < -0.39 is 12.1 Å².